The highest BCUT2D eigenvalue weighted by Gasteiger charge is 2.15. The summed E-state index contributed by atoms with van der Waals surface area (Å²) in [4.78, 5) is 11.7. The number of amides is 1. The second kappa shape index (κ2) is 7.79. The fourth-order valence-corrected chi connectivity index (χ4v) is 2.08. The number of para-hydroxylation sites is 1. The van der Waals surface area contributed by atoms with Crippen molar-refractivity contribution in [2.24, 2.45) is 0 Å². The van der Waals surface area contributed by atoms with E-state index in [2.05, 4.69) is 5.32 Å². The Morgan fingerprint density at radius 1 is 1.26 bits per heavy atom. The van der Waals surface area contributed by atoms with E-state index in [1.54, 1.807) is 0 Å². The van der Waals surface area contributed by atoms with Gasteiger partial charge in [-0.3, -0.25) is 4.79 Å². The molecule has 0 atom stereocenters. The van der Waals surface area contributed by atoms with Crippen molar-refractivity contribution in [3.63, 3.8) is 0 Å². The van der Waals surface area contributed by atoms with Gasteiger partial charge in [0.15, 0.2) is 0 Å². The Labute approximate surface area is 114 Å². The first kappa shape index (κ1) is 13.9. The van der Waals surface area contributed by atoms with Crippen LogP contribution in [0.1, 0.15) is 25.7 Å². The molecule has 1 aliphatic heterocycles. The summed E-state index contributed by atoms with van der Waals surface area (Å²) in [6, 6.07) is 9.95. The van der Waals surface area contributed by atoms with Crippen LogP contribution < -0.4 is 10.1 Å². The van der Waals surface area contributed by atoms with Gasteiger partial charge < -0.3 is 14.8 Å². The molecule has 1 aromatic rings. The quantitative estimate of drug-likeness (QED) is 0.800. The van der Waals surface area contributed by atoms with Crippen LogP contribution in [0, 0.1) is 0 Å². The fourth-order valence-electron chi connectivity index (χ4n) is 2.08. The van der Waals surface area contributed by atoms with E-state index in [9.17, 15) is 4.79 Å². The molecule has 0 radical (unpaired) electrons. The van der Waals surface area contributed by atoms with Gasteiger partial charge in [-0.2, -0.15) is 0 Å². The zero-order valence-electron chi connectivity index (χ0n) is 11.1. The van der Waals surface area contributed by atoms with E-state index >= 15 is 0 Å². The van der Waals surface area contributed by atoms with Crippen LogP contribution in [0.3, 0.4) is 0 Å². The van der Waals surface area contributed by atoms with Crippen LogP contribution in [0.4, 0.5) is 0 Å². The summed E-state index contributed by atoms with van der Waals surface area (Å²) in [5.41, 5.74) is 0. The molecule has 0 unspecified atom stereocenters. The highest BCUT2D eigenvalue weighted by molar-refractivity contribution is 5.76. The maximum atomic E-state index is 11.7. The van der Waals surface area contributed by atoms with Crippen LogP contribution in [0.2, 0.25) is 0 Å². The topological polar surface area (TPSA) is 47.6 Å². The van der Waals surface area contributed by atoms with E-state index < -0.39 is 0 Å². The molecule has 1 amide bonds. The molecule has 19 heavy (non-hydrogen) atoms. The Morgan fingerprint density at radius 2 is 2.00 bits per heavy atom. The van der Waals surface area contributed by atoms with Crippen LogP contribution in [0.25, 0.3) is 0 Å². The lowest BCUT2D eigenvalue weighted by molar-refractivity contribution is -0.122. The third-order valence-electron chi connectivity index (χ3n) is 3.15. The van der Waals surface area contributed by atoms with Crippen LogP contribution in [0.5, 0.6) is 5.75 Å². The van der Waals surface area contributed by atoms with Gasteiger partial charge in [-0.1, -0.05) is 18.2 Å². The molecule has 1 N–H and O–H groups in total. The van der Waals surface area contributed by atoms with Crippen molar-refractivity contribution >= 4 is 5.91 Å². The number of hydrogen-bond acceptors (Lipinski definition) is 3. The van der Waals surface area contributed by atoms with Gasteiger partial charge in [0.1, 0.15) is 5.75 Å². The molecule has 104 valence electrons. The minimum absolute atomic E-state index is 0.114. The predicted molar refractivity (Wildman–Crippen MR) is 73.2 cm³/mol. The van der Waals surface area contributed by atoms with Gasteiger partial charge >= 0.3 is 0 Å². The molecule has 1 aliphatic rings. The lowest BCUT2D eigenvalue weighted by Crippen LogP contribution is -2.38. The number of carbonyl (C=O) groups is 1. The van der Waals surface area contributed by atoms with Crippen molar-refractivity contribution in [3.05, 3.63) is 30.3 Å². The van der Waals surface area contributed by atoms with Gasteiger partial charge in [0.25, 0.3) is 0 Å². The lowest BCUT2D eigenvalue weighted by atomic mass is 10.1. The SMILES string of the molecule is O=C(CCCOc1ccccc1)NC1CCOCC1. The standard InChI is InChI=1S/C15H21NO3/c17-15(16-13-8-11-18-12-9-13)7-4-10-19-14-5-2-1-3-6-14/h1-3,5-6,13H,4,7-12H2,(H,16,17). The molecule has 0 aromatic heterocycles. The van der Waals surface area contributed by atoms with E-state index in [4.69, 9.17) is 9.47 Å². The van der Waals surface area contributed by atoms with Gasteiger partial charge in [0.2, 0.25) is 5.91 Å². The Morgan fingerprint density at radius 3 is 2.74 bits per heavy atom. The molecule has 0 saturated carbocycles. The average Bonchev–Trinajstić information content (AvgIpc) is 2.46. The summed E-state index contributed by atoms with van der Waals surface area (Å²) < 4.78 is 10.8. The first-order chi connectivity index (χ1) is 9.34. The van der Waals surface area contributed by atoms with Gasteiger partial charge in [-0.25, -0.2) is 0 Å². The Bertz CT molecular complexity index is 374. The zero-order valence-corrected chi connectivity index (χ0v) is 11.1. The monoisotopic (exact) mass is 263 g/mol. The molecule has 2 rings (SSSR count). The van der Waals surface area contributed by atoms with Crippen molar-refractivity contribution in [3.8, 4) is 5.75 Å². The summed E-state index contributed by atoms with van der Waals surface area (Å²) >= 11 is 0. The largest absolute Gasteiger partial charge is 0.494 e. The normalized spacial score (nSPS) is 16.0. The summed E-state index contributed by atoms with van der Waals surface area (Å²) in [5.74, 6) is 0.968. The van der Waals surface area contributed by atoms with Gasteiger partial charge in [-0.15, -0.1) is 0 Å². The Balaban J connectivity index is 1.56. The van der Waals surface area contributed by atoms with Crippen LogP contribution in [0.15, 0.2) is 30.3 Å². The van der Waals surface area contributed by atoms with Gasteiger partial charge in [0, 0.05) is 25.7 Å². The number of nitrogens with one attached hydrogen (secondary N) is 1. The molecule has 1 aromatic carbocycles. The number of benzene rings is 1. The Hall–Kier alpha value is -1.55. The summed E-state index contributed by atoms with van der Waals surface area (Å²) in [5, 5.41) is 3.04. The number of hydrogen-bond donors (Lipinski definition) is 1. The van der Waals surface area contributed by atoms with Crippen LogP contribution in [-0.2, 0) is 9.53 Å². The first-order valence-corrected chi connectivity index (χ1v) is 6.89. The molecule has 0 bridgehead atoms. The summed E-state index contributed by atoms with van der Waals surface area (Å²) in [6.45, 7) is 2.08. The molecule has 1 saturated heterocycles. The third-order valence-corrected chi connectivity index (χ3v) is 3.15. The second-order valence-corrected chi connectivity index (χ2v) is 4.72. The van der Waals surface area contributed by atoms with E-state index in [-0.39, 0.29) is 11.9 Å². The van der Waals surface area contributed by atoms with Crippen LogP contribution in [-0.4, -0.2) is 31.8 Å². The maximum Gasteiger partial charge on any atom is 0.220 e. The van der Waals surface area contributed by atoms with Crippen molar-refractivity contribution in [2.45, 2.75) is 31.7 Å². The Kier molecular flexibility index (Phi) is 5.69. The van der Waals surface area contributed by atoms with Crippen LogP contribution >= 0.6 is 0 Å². The zero-order chi connectivity index (χ0) is 13.3. The van der Waals surface area contributed by atoms with E-state index in [0.717, 1.165) is 38.2 Å². The summed E-state index contributed by atoms with van der Waals surface area (Å²) in [7, 11) is 0. The second-order valence-electron chi connectivity index (χ2n) is 4.72. The smallest absolute Gasteiger partial charge is 0.220 e. The number of ether oxygens (including phenoxy) is 2. The molecular formula is C15H21NO3. The minimum Gasteiger partial charge on any atom is -0.494 e. The van der Waals surface area contributed by atoms with E-state index in [1.807, 2.05) is 30.3 Å². The molecule has 1 fully saturated rings. The number of rotatable bonds is 6. The lowest BCUT2D eigenvalue weighted by Gasteiger charge is -2.23. The number of carbonyl (C=O) groups excluding carboxylic acids is 1. The van der Waals surface area contributed by atoms with Crippen molar-refractivity contribution in [1.82, 2.24) is 5.32 Å². The first-order valence-electron chi connectivity index (χ1n) is 6.89. The van der Waals surface area contributed by atoms with E-state index in [0.29, 0.717) is 13.0 Å². The highest BCUT2D eigenvalue weighted by atomic mass is 16.5. The molecule has 0 aliphatic carbocycles. The maximum absolute atomic E-state index is 11.7. The molecule has 4 nitrogen and oxygen atoms in total. The van der Waals surface area contributed by atoms with Gasteiger partial charge in [0.05, 0.1) is 6.61 Å². The molecule has 0 spiro atoms. The average molecular weight is 263 g/mol. The molecular weight excluding hydrogens is 242 g/mol. The van der Waals surface area contributed by atoms with Crippen molar-refractivity contribution in [2.75, 3.05) is 19.8 Å². The summed E-state index contributed by atoms with van der Waals surface area (Å²) in [6.07, 6.45) is 3.10. The minimum atomic E-state index is 0.114. The molecule has 4 heteroatoms. The fraction of sp³-hybridized carbons (Fsp3) is 0.533. The van der Waals surface area contributed by atoms with Crippen molar-refractivity contribution < 1.29 is 14.3 Å². The highest BCUT2D eigenvalue weighted by Crippen LogP contribution is 2.09. The van der Waals surface area contributed by atoms with E-state index in [1.165, 1.54) is 0 Å². The van der Waals surface area contributed by atoms with Crippen molar-refractivity contribution in [1.29, 1.82) is 0 Å². The van der Waals surface area contributed by atoms with Gasteiger partial charge in [-0.05, 0) is 31.4 Å². The molecule has 1 heterocycles. The third kappa shape index (κ3) is 5.30. The predicted octanol–water partition coefficient (Wildman–Crippen LogP) is 2.14.